The maximum Gasteiger partial charge on any atom is 0.235 e. The average molecular weight is 578 g/mol. The fraction of sp³-hybridized carbons (Fsp3) is 0. The molecule has 0 aliphatic heterocycles. The second-order valence-electron chi connectivity index (χ2n) is 11.4. The molecule has 7 aromatic carbocycles. The van der Waals surface area contributed by atoms with Gasteiger partial charge in [0.15, 0.2) is 0 Å². The molecule has 3 heterocycles. The van der Waals surface area contributed by atoms with Gasteiger partial charge in [-0.3, -0.25) is 4.57 Å². The summed E-state index contributed by atoms with van der Waals surface area (Å²) in [6.45, 7) is 0. The number of nitrogens with zero attached hydrogens (tertiary/aromatic N) is 3. The SMILES string of the molecule is c1ccc(-c2nc(-n3c4ccccc4c4cc5c(ccc6cc7sc8ccccc8c7cc65)cc43)nc3ccccc23)cc1. The van der Waals surface area contributed by atoms with Crippen LogP contribution in [0.2, 0.25) is 0 Å². The third-order valence-electron chi connectivity index (χ3n) is 8.96. The quantitative estimate of drug-likeness (QED) is 0.191. The van der Waals surface area contributed by atoms with Gasteiger partial charge in [0.05, 0.1) is 22.2 Å². The number of fused-ring (bicyclic) bond motifs is 10. The first-order chi connectivity index (χ1) is 21.8. The van der Waals surface area contributed by atoms with Crippen LogP contribution in [0.5, 0.6) is 0 Å². The van der Waals surface area contributed by atoms with Crippen LogP contribution in [0.25, 0.3) is 91.6 Å². The van der Waals surface area contributed by atoms with Gasteiger partial charge < -0.3 is 0 Å². The van der Waals surface area contributed by atoms with Crippen molar-refractivity contribution in [3.8, 4) is 17.2 Å². The highest BCUT2D eigenvalue weighted by Gasteiger charge is 2.18. The van der Waals surface area contributed by atoms with E-state index in [4.69, 9.17) is 9.97 Å². The van der Waals surface area contributed by atoms with Crippen LogP contribution in [0.3, 0.4) is 0 Å². The Morgan fingerprint density at radius 1 is 0.432 bits per heavy atom. The zero-order valence-corrected chi connectivity index (χ0v) is 24.3. The molecule has 0 unspecified atom stereocenters. The zero-order chi connectivity index (χ0) is 28.8. The first-order valence-corrected chi connectivity index (χ1v) is 15.7. The van der Waals surface area contributed by atoms with E-state index < -0.39 is 0 Å². The molecule has 3 aromatic heterocycles. The standard InChI is InChI=1S/C40H23N3S/c1-2-10-24(11-3-1)39-29-14-4-7-15-34(29)41-40(42-39)43-35-16-8-5-12-27(35)32-22-30-25(20-36(32)43)18-19-26-21-38-33(23-31(26)30)28-13-6-9-17-37(28)44-38/h1-23H. The molecule has 0 saturated heterocycles. The van der Waals surface area contributed by atoms with Crippen LogP contribution in [0, 0.1) is 0 Å². The Balaban J connectivity index is 1.30. The summed E-state index contributed by atoms with van der Waals surface area (Å²) in [5.41, 5.74) is 5.16. The van der Waals surface area contributed by atoms with Crippen LogP contribution >= 0.6 is 11.3 Å². The summed E-state index contributed by atoms with van der Waals surface area (Å²) < 4.78 is 4.90. The smallest absolute Gasteiger partial charge is 0.235 e. The number of hydrogen-bond donors (Lipinski definition) is 0. The molecule has 3 nitrogen and oxygen atoms in total. The van der Waals surface area contributed by atoms with Crippen molar-refractivity contribution >= 4 is 85.8 Å². The lowest BCUT2D eigenvalue weighted by Gasteiger charge is -2.12. The number of para-hydroxylation sites is 2. The normalized spacial score (nSPS) is 12.1. The first kappa shape index (κ1) is 23.9. The highest BCUT2D eigenvalue weighted by atomic mass is 32.1. The first-order valence-electron chi connectivity index (χ1n) is 14.8. The predicted octanol–water partition coefficient (Wildman–Crippen LogP) is 11.1. The molecule has 0 saturated carbocycles. The van der Waals surface area contributed by atoms with Gasteiger partial charge >= 0.3 is 0 Å². The van der Waals surface area contributed by atoms with E-state index in [9.17, 15) is 0 Å². The lowest BCUT2D eigenvalue weighted by Crippen LogP contribution is -2.03. The molecule has 0 amide bonds. The van der Waals surface area contributed by atoms with Crippen LogP contribution in [-0.2, 0) is 0 Å². The second-order valence-corrected chi connectivity index (χ2v) is 12.5. The molecule has 4 heteroatoms. The minimum absolute atomic E-state index is 0.681. The summed E-state index contributed by atoms with van der Waals surface area (Å²) in [5, 5.41) is 11.1. The van der Waals surface area contributed by atoms with Crippen molar-refractivity contribution in [1.29, 1.82) is 0 Å². The molecule has 10 rings (SSSR count). The number of benzene rings is 7. The van der Waals surface area contributed by atoms with Crippen molar-refractivity contribution < 1.29 is 0 Å². The number of aromatic nitrogens is 3. The van der Waals surface area contributed by atoms with E-state index >= 15 is 0 Å². The van der Waals surface area contributed by atoms with E-state index in [0.29, 0.717) is 5.95 Å². The number of thiophene rings is 1. The van der Waals surface area contributed by atoms with Crippen molar-refractivity contribution in [2.45, 2.75) is 0 Å². The van der Waals surface area contributed by atoms with Crippen molar-refractivity contribution in [3.05, 3.63) is 140 Å². The Morgan fingerprint density at radius 2 is 1.11 bits per heavy atom. The maximum atomic E-state index is 5.25. The van der Waals surface area contributed by atoms with Crippen molar-refractivity contribution in [2.24, 2.45) is 0 Å². The van der Waals surface area contributed by atoms with Crippen LogP contribution in [-0.4, -0.2) is 14.5 Å². The average Bonchev–Trinajstić information content (AvgIpc) is 3.61. The summed E-state index contributed by atoms with van der Waals surface area (Å²) in [6.07, 6.45) is 0. The van der Waals surface area contributed by atoms with Gasteiger partial charge in [0.1, 0.15) is 0 Å². The van der Waals surface area contributed by atoms with Gasteiger partial charge in [0.2, 0.25) is 5.95 Å². The van der Waals surface area contributed by atoms with Gasteiger partial charge in [-0.05, 0) is 64.0 Å². The summed E-state index contributed by atoms with van der Waals surface area (Å²) >= 11 is 1.87. The Morgan fingerprint density at radius 3 is 1.98 bits per heavy atom. The highest BCUT2D eigenvalue weighted by molar-refractivity contribution is 7.25. The van der Waals surface area contributed by atoms with Gasteiger partial charge in [-0.2, -0.15) is 0 Å². The van der Waals surface area contributed by atoms with E-state index in [0.717, 1.165) is 33.2 Å². The molecule has 0 N–H and O–H groups in total. The molecular weight excluding hydrogens is 555 g/mol. The van der Waals surface area contributed by atoms with E-state index in [1.807, 2.05) is 23.5 Å². The van der Waals surface area contributed by atoms with Crippen LogP contribution in [0.1, 0.15) is 0 Å². The molecule has 44 heavy (non-hydrogen) atoms. The van der Waals surface area contributed by atoms with Gasteiger partial charge in [-0.15, -0.1) is 11.3 Å². The van der Waals surface area contributed by atoms with Crippen LogP contribution < -0.4 is 0 Å². The number of hydrogen-bond acceptors (Lipinski definition) is 3. The van der Waals surface area contributed by atoms with Gasteiger partial charge in [0, 0.05) is 41.9 Å². The lowest BCUT2D eigenvalue weighted by atomic mass is 9.98. The molecule has 0 radical (unpaired) electrons. The molecule has 0 aliphatic carbocycles. The molecular formula is C40H23N3S. The summed E-state index contributed by atoms with van der Waals surface area (Å²) in [7, 11) is 0. The van der Waals surface area contributed by atoms with E-state index in [2.05, 4.69) is 132 Å². The molecule has 10 aromatic rings. The monoisotopic (exact) mass is 577 g/mol. The fourth-order valence-corrected chi connectivity index (χ4v) is 8.07. The molecule has 0 bridgehead atoms. The predicted molar refractivity (Wildman–Crippen MR) is 187 cm³/mol. The third-order valence-corrected chi connectivity index (χ3v) is 10.1. The van der Waals surface area contributed by atoms with E-state index in [1.54, 1.807) is 0 Å². The van der Waals surface area contributed by atoms with E-state index in [1.165, 1.54) is 52.5 Å². The summed E-state index contributed by atoms with van der Waals surface area (Å²) in [4.78, 5) is 10.4. The summed E-state index contributed by atoms with van der Waals surface area (Å²) in [6, 6.07) is 50.0. The summed E-state index contributed by atoms with van der Waals surface area (Å²) in [5.74, 6) is 0.681. The fourth-order valence-electron chi connectivity index (χ4n) is 6.94. The van der Waals surface area contributed by atoms with Crippen molar-refractivity contribution in [3.63, 3.8) is 0 Å². The van der Waals surface area contributed by atoms with E-state index in [-0.39, 0.29) is 0 Å². The van der Waals surface area contributed by atoms with Crippen molar-refractivity contribution in [1.82, 2.24) is 14.5 Å². The minimum Gasteiger partial charge on any atom is -0.278 e. The topological polar surface area (TPSA) is 30.7 Å². The third kappa shape index (κ3) is 3.37. The van der Waals surface area contributed by atoms with Crippen LogP contribution in [0.4, 0.5) is 0 Å². The van der Waals surface area contributed by atoms with Gasteiger partial charge in [0.25, 0.3) is 0 Å². The molecule has 0 atom stereocenters. The Kier molecular flexibility index (Phi) is 4.87. The Labute approximate surface area is 256 Å². The lowest BCUT2D eigenvalue weighted by molar-refractivity contribution is 1.01. The molecule has 0 aliphatic rings. The molecule has 0 fully saturated rings. The highest BCUT2D eigenvalue weighted by Crippen LogP contribution is 2.41. The number of rotatable bonds is 2. The zero-order valence-electron chi connectivity index (χ0n) is 23.5. The Bertz CT molecular complexity index is 2770. The molecule has 0 spiro atoms. The minimum atomic E-state index is 0.681. The largest absolute Gasteiger partial charge is 0.278 e. The Hall–Kier alpha value is -5.58. The molecule has 204 valence electrons. The van der Waals surface area contributed by atoms with Gasteiger partial charge in [-0.25, -0.2) is 9.97 Å². The van der Waals surface area contributed by atoms with Gasteiger partial charge in [-0.1, -0.05) is 97.1 Å². The van der Waals surface area contributed by atoms with Crippen LogP contribution in [0.15, 0.2) is 140 Å². The second kappa shape index (κ2) is 8.96. The maximum absolute atomic E-state index is 5.25. The van der Waals surface area contributed by atoms with Crippen molar-refractivity contribution in [2.75, 3.05) is 0 Å².